The largest absolute Gasteiger partial charge is 0.347 e. The van der Waals surface area contributed by atoms with Crippen LogP contribution >= 0.6 is 27.3 Å². The third-order valence-corrected chi connectivity index (χ3v) is 5.37. The lowest BCUT2D eigenvalue weighted by molar-refractivity contribution is 0.0949. The van der Waals surface area contributed by atoms with Gasteiger partial charge in [0.05, 0.1) is 14.7 Å². The summed E-state index contributed by atoms with van der Waals surface area (Å²) >= 11 is 4.98. The van der Waals surface area contributed by atoms with Crippen LogP contribution in [0.4, 0.5) is 8.78 Å². The minimum Gasteiger partial charge on any atom is -0.347 e. The van der Waals surface area contributed by atoms with Crippen LogP contribution in [-0.2, 0) is 6.54 Å². The van der Waals surface area contributed by atoms with E-state index in [1.54, 1.807) is 16.7 Å². The predicted octanol–water partition coefficient (Wildman–Crippen LogP) is 4.71. The van der Waals surface area contributed by atoms with Gasteiger partial charge >= 0.3 is 0 Å². The van der Waals surface area contributed by atoms with E-state index < -0.39 is 11.6 Å². The molecular formula is C17H13BrF2N2OS. The number of rotatable bonds is 5. The monoisotopic (exact) mass is 410 g/mol. The molecule has 0 saturated heterocycles. The van der Waals surface area contributed by atoms with Gasteiger partial charge in [0.2, 0.25) is 0 Å². The van der Waals surface area contributed by atoms with Crippen LogP contribution in [0, 0.1) is 11.6 Å². The second-order valence-electron chi connectivity index (χ2n) is 5.16. The zero-order valence-electron chi connectivity index (χ0n) is 12.5. The van der Waals surface area contributed by atoms with Gasteiger partial charge in [0.25, 0.3) is 5.91 Å². The zero-order valence-corrected chi connectivity index (χ0v) is 14.9. The summed E-state index contributed by atoms with van der Waals surface area (Å²) in [7, 11) is 0. The number of hydrogen-bond acceptors (Lipinski definition) is 2. The third-order valence-electron chi connectivity index (χ3n) is 3.54. The quantitative estimate of drug-likeness (QED) is 0.607. The number of aromatic nitrogens is 1. The van der Waals surface area contributed by atoms with Crippen molar-refractivity contribution in [2.75, 3.05) is 6.54 Å². The summed E-state index contributed by atoms with van der Waals surface area (Å²) < 4.78 is 30.2. The molecule has 3 nitrogen and oxygen atoms in total. The van der Waals surface area contributed by atoms with Crippen molar-refractivity contribution >= 4 is 43.4 Å². The highest BCUT2D eigenvalue weighted by Crippen LogP contribution is 2.33. The first-order valence-electron chi connectivity index (χ1n) is 7.10. The molecule has 0 aliphatic heterocycles. The van der Waals surface area contributed by atoms with E-state index in [2.05, 4.69) is 27.8 Å². The van der Waals surface area contributed by atoms with Crippen LogP contribution in [-0.4, -0.2) is 17.0 Å². The van der Waals surface area contributed by atoms with Gasteiger partial charge in [-0.15, -0.1) is 17.9 Å². The average molecular weight is 411 g/mol. The molecule has 0 atom stereocenters. The number of hydrogen-bond donors (Lipinski definition) is 1. The van der Waals surface area contributed by atoms with Crippen molar-refractivity contribution in [3.63, 3.8) is 0 Å². The molecule has 7 heteroatoms. The number of nitrogens with zero attached hydrogens (tertiary/aromatic N) is 1. The molecule has 0 bridgehead atoms. The number of halogens is 3. The smallest absolute Gasteiger partial charge is 0.268 e. The highest BCUT2D eigenvalue weighted by molar-refractivity contribution is 9.10. The minimum atomic E-state index is -0.905. The van der Waals surface area contributed by atoms with Crippen LogP contribution in [0.5, 0.6) is 0 Å². The van der Waals surface area contributed by atoms with Crippen molar-refractivity contribution in [1.29, 1.82) is 0 Å². The van der Waals surface area contributed by atoms with Crippen molar-refractivity contribution in [2.45, 2.75) is 6.54 Å². The summed E-state index contributed by atoms with van der Waals surface area (Å²) in [5, 5.41) is 4.67. The van der Waals surface area contributed by atoms with E-state index in [-0.39, 0.29) is 12.5 Å². The molecule has 0 spiro atoms. The lowest BCUT2D eigenvalue weighted by atomic mass is 10.2. The fraction of sp³-hybridized carbons (Fsp3) is 0.118. The fourth-order valence-corrected chi connectivity index (χ4v) is 4.15. The SMILES string of the molecule is C=CCNC(=O)c1cc2scc(Br)c2n1Cc1ccc(F)c(F)c1. The molecule has 1 aromatic carbocycles. The van der Waals surface area contributed by atoms with Gasteiger partial charge < -0.3 is 9.88 Å². The van der Waals surface area contributed by atoms with E-state index in [9.17, 15) is 13.6 Å². The first kappa shape index (κ1) is 16.9. The second-order valence-corrected chi connectivity index (χ2v) is 6.92. The van der Waals surface area contributed by atoms with E-state index in [0.717, 1.165) is 26.8 Å². The maximum Gasteiger partial charge on any atom is 0.268 e. The third kappa shape index (κ3) is 3.14. The van der Waals surface area contributed by atoms with Crippen molar-refractivity contribution in [3.8, 4) is 0 Å². The Morgan fingerprint density at radius 2 is 2.12 bits per heavy atom. The van der Waals surface area contributed by atoms with E-state index >= 15 is 0 Å². The topological polar surface area (TPSA) is 34.0 Å². The van der Waals surface area contributed by atoms with Crippen LogP contribution in [0.3, 0.4) is 0 Å². The maximum absolute atomic E-state index is 13.5. The number of amides is 1. The Labute approximate surface area is 149 Å². The van der Waals surface area contributed by atoms with E-state index in [4.69, 9.17) is 0 Å². The van der Waals surface area contributed by atoms with Gasteiger partial charge in [-0.3, -0.25) is 4.79 Å². The standard InChI is InChI=1S/C17H13BrF2N2OS/c1-2-5-21-17(23)14-7-15-16(11(18)9-24-15)22(14)8-10-3-4-12(19)13(20)6-10/h2-4,6-7,9H,1,5,8H2,(H,21,23). The average Bonchev–Trinajstić information content (AvgIpc) is 3.09. The summed E-state index contributed by atoms with van der Waals surface area (Å²) in [4.78, 5) is 12.4. The molecule has 0 aliphatic carbocycles. The molecule has 0 radical (unpaired) electrons. The molecule has 3 aromatic rings. The van der Waals surface area contributed by atoms with Crippen molar-refractivity contribution in [2.24, 2.45) is 0 Å². The molecule has 24 heavy (non-hydrogen) atoms. The molecule has 124 valence electrons. The lowest BCUT2D eigenvalue weighted by Gasteiger charge is -2.11. The fourth-order valence-electron chi connectivity index (χ4n) is 2.46. The maximum atomic E-state index is 13.5. The summed E-state index contributed by atoms with van der Waals surface area (Å²) in [6.07, 6.45) is 1.60. The van der Waals surface area contributed by atoms with Gasteiger partial charge in [-0.25, -0.2) is 8.78 Å². The first-order valence-corrected chi connectivity index (χ1v) is 8.77. The number of benzene rings is 1. The Bertz CT molecular complexity index is 932. The van der Waals surface area contributed by atoms with Gasteiger partial charge in [0, 0.05) is 18.5 Å². The second kappa shape index (κ2) is 6.86. The van der Waals surface area contributed by atoms with Crippen LogP contribution in [0.15, 0.2) is 46.8 Å². The van der Waals surface area contributed by atoms with Gasteiger partial charge in [-0.05, 0) is 39.7 Å². The molecule has 0 aliphatic rings. The Balaban J connectivity index is 2.06. The summed E-state index contributed by atoms with van der Waals surface area (Å²) in [6.45, 7) is 4.19. The molecular weight excluding hydrogens is 398 g/mol. The molecule has 2 heterocycles. The van der Waals surface area contributed by atoms with Gasteiger partial charge in [-0.2, -0.15) is 0 Å². The van der Waals surface area contributed by atoms with Crippen LogP contribution in [0.2, 0.25) is 0 Å². The summed E-state index contributed by atoms with van der Waals surface area (Å²) in [6, 6.07) is 5.54. The molecule has 0 unspecified atom stereocenters. The first-order chi connectivity index (χ1) is 11.5. The van der Waals surface area contributed by atoms with E-state index in [1.165, 1.54) is 17.4 Å². The number of fused-ring (bicyclic) bond motifs is 1. The van der Waals surface area contributed by atoms with Gasteiger partial charge in [0.15, 0.2) is 11.6 Å². The number of thiophene rings is 1. The lowest BCUT2D eigenvalue weighted by Crippen LogP contribution is -2.26. The minimum absolute atomic E-state index is 0.243. The molecule has 1 N–H and O–H groups in total. The predicted molar refractivity (Wildman–Crippen MR) is 95.5 cm³/mol. The van der Waals surface area contributed by atoms with Crippen molar-refractivity contribution < 1.29 is 13.6 Å². The Kier molecular flexibility index (Phi) is 4.82. The van der Waals surface area contributed by atoms with Gasteiger partial charge in [0.1, 0.15) is 5.69 Å². The highest BCUT2D eigenvalue weighted by Gasteiger charge is 2.19. The summed E-state index contributed by atoms with van der Waals surface area (Å²) in [5.74, 6) is -2.04. The number of nitrogens with one attached hydrogen (secondary N) is 1. The Morgan fingerprint density at radius 3 is 2.83 bits per heavy atom. The van der Waals surface area contributed by atoms with Gasteiger partial charge in [-0.1, -0.05) is 12.1 Å². The zero-order chi connectivity index (χ0) is 17.3. The highest BCUT2D eigenvalue weighted by atomic mass is 79.9. The molecule has 0 fully saturated rings. The molecule has 2 aromatic heterocycles. The van der Waals surface area contributed by atoms with Crippen molar-refractivity contribution in [1.82, 2.24) is 9.88 Å². The van der Waals surface area contributed by atoms with E-state index in [0.29, 0.717) is 17.8 Å². The molecule has 3 rings (SSSR count). The van der Waals surface area contributed by atoms with E-state index in [1.807, 2.05) is 5.38 Å². The Morgan fingerprint density at radius 1 is 1.33 bits per heavy atom. The number of carbonyl (C=O) groups is 1. The van der Waals surface area contributed by atoms with Crippen LogP contribution < -0.4 is 5.32 Å². The normalized spacial score (nSPS) is 11.0. The Hall–Kier alpha value is -1.99. The van der Waals surface area contributed by atoms with Crippen LogP contribution in [0.1, 0.15) is 16.1 Å². The molecule has 0 saturated carbocycles. The number of carbonyl (C=O) groups excluding carboxylic acids is 1. The summed E-state index contributed by atoms with van der Waals surface area (Å²) in [5.41, 5.74) is 1.89. The van der Waals surface area contributed by atoms with Crippen LogP contribution in [0.25, 0.3) is 10.2 Å². The van der Waals surface area contributed by atoms with Crippen molar-refractivity contribution in [3.05, 3.63) is 69.7 Å². The molecule has 1 amide bonds.